The average Bonchev–Trinajstić information content (AvgIpc) is 3.12. The van der Waals surface area contributed by atoms with Gasteiger partial charge in [-0.1, -0.05) is 24.3 Å². The Hall–Kier alpha value is -2.35. The third-order valence-electron chi connectivity index (χ3n) is 5.16. The summed E-state index contributed by atoms with van der Waals surface area (Å²) in [6.45, 7) is 6.08. The number of halogens is 1. The average molecular weight is 399 g/mol. The molecule has 0 radical (unpaired) electrons. The molecule has 1 aliphatic heterocycles. The van der Waals surface area contributed by atoms with Crippen molar-refractivity contribution in [3.05, 3.63) is 59.4 Å². The third kappa shape index (κ3) is 4.22. The van der Waals surface area contributed by atoms with Gasteiger partial charge in [-0.3, -0.25) is 14.6 Å². The number of piperazine rings is 1. The SMILES string of the molecule is C[C@H](C(=O)Nc1ccccc1F)N1CCN(Cc2nc3ccccc3s2)CC1. The highest BCUT2D eigenvalue weighted by Gasteiger charge is 2.26. The minimum absolute atomic E-state index is 0.176. The summed E-state index contributed by atoms with van der Waals surface area (Å²) in [7, 11) is 0. The van der Waals surface area contributed by atoms with Gasteiger partial charge in [0.1, 0.15) is 10.8 Å². The van der Waals surface area contributed by atoms with Gasteiger partial charge in [-0.15, -0.1) is 11.3 Å². The summed E-state index contributed by atoms with van der Waals surface area (Å²) < 4.78 is 15.0. The zero-order valence-electron chi connectivity index (χ0n) is 15.8. The fraction of sp³-hybridized carbons (Fsp3) is 0.333. The van der Waals surface area contributed by atoms with Gasteiger partial charge in [-0.05, 0) is 31.2 Å². The molecule has 2 heterocycles. The number of hydrogen-bond donors (Lipinski definition) is 1. The van der Waals surface area contributed by atoms with Gasteiger partial charge >= 0.3 is 0 Å². The summed E-state index contributed by atoms with van der Waals surface area (Å²) in [5.74, 6) is -0.589. The first-order valence-electron chi connectivity index (χ1n) is 9.46. The number of fused-ring (bicyclic) bond motifs is 1. The predicted molar refractivity (Wildman–Crippen MR) is 111 cm³/mol. The summed E-state index contributed by atoms with van der Waals surface area (Å²) in [6, 6.07) is 14.1. The van der Waals surface area contributed by atoms with Crippen LogP contribution >= 0.6 is 11.3 Å². The summed E-state index contributed by atoms with van der Waals surface area (Å²) >= 11 is 1.74. The number of carbonyl (C=O) groups excluding carboxylic acids is 1. The molecule has 7 heteroatoms. The van der Waals surface area contributed by atoms with Crippen LogP contribution in [0.3, 0.4) is 0 Å². The Balaban J connectivity index is 1.30. The molecule has 0 saturated carbocycles. The maximum absolute atomic E-state index is 13.8. The van der Waals surface area contributed by atoms with E-state index in [-0.39, 0.29) is 17.6 Å². The van der Waals surface area contributed by atoms with Gasteiger partial charge in [0.15, 0.2) is 0 Å². The second-order valence-electron chi connectivity index (χ2n) is 7.03. The minimum atomic E-state index is -0.413. The standard InChI is InChI=1S/C21H23FN4OS/c1-15(21(27)24-17-7-3-2-6-16(17)22)26-12-10-25(11-13-26)14-20-23-18-8-4-5-9-19(18)28-20/h2-9,15H,10-14H2,1H3,(H,24,27)/t15-/m1/s1. The van der Waals surface area contributed by atoms with Crippen molar-refractivity contribution in [2.45, 2.75) is 19.5 Å². The molecule has 0 spiro atoms. The van der Waals surface area contributed by atoms with Crippen LogP contribution in [0.4, 0.5) is 10.1 Å². The van der Waals surface area contributed by atoms with E-state index in [1.165, 1.54) is 10.8 Å². The van der Waals surface area contributed by atoms with E-state index < -0.39 is 5.82 Å². The maximum Gasteiger partial charge on any atom is 0.241 e. The van der Waals surface area contributed by atoms with Crippen LogP contribution in [0.25, 0.3) is 10.2 Å². The van der Waals surface area contributed by atoms with E-state index in [0.29, 0.717) is 0 Å². The molecule has 0 aliphatic carbocycles. The molecule has 2 aromatic carbocycles. The fourth-order valence-electron chi connectivity index (χ4n) is 3.45. The predicted octanol–water partition coefficient (Wildman–Crippen LogP) is 3.58. The minimum Gasteiger partial charge on any atom is -0.322 e. The van der Waals surface area contributed by atoms with E-state index in [0.717, 1.165) is 43.2 Å². The molecule has 1 aromatic heterocycles. The Morgan fingerprint density at radius 2 is 1.86 bits per heavy atom. The first kappa shape index (κ1) is 19.0. The number of aromatic nitrogens is 1. The van der Waals surface area contributed by atoms with E-state index in [1.807, 2.05) is 25.1 Å². The fourth-order valence-corrected chi connectivity index (χ4v) is 4.46. The highest BCUT2D eigenvalue weighted by Crippen LogP contribution is 2.23. The van der Waals surface area contributed by atoms with E-state index >= 15 is 0 Å². The number of benzene rings is 2. The van der Waals surface area contributed by atoms with Gasteiger partial charge in [0.25, 0.3) is 0 Å². The van der Waals surface area contributed by atoms with Crippen molar-refractivity contribution in [3.8, 4) is 0 Å². The largest absolute Gasteiger partial charge is 0.322 e. The topological polar surface area (TPSA) is 48.5 Å². The summed E-state index contributed by atoms with van der Waals surface area (Å²) in [6.07, 6.45) is 0. The molecule has 0 unspecified atom stereocenters. The van der Waals surface area contributed by atoms with E-state index in [1.54, 1.807) is 29.5 Å². The van der Waals surface area contributed by atoms with Crippen molar-refractivity contribution in [2.75, 3.05) is 31.5 Å². The number of nitrogens with one attached hydrogen (secondary N) is 1. The van der Waals surface area contributed by atoms with Crippen LogP contribution in [0, 0.1) is 5.82 Å². The van der Waals surface area contributed by atoms with Crippen LogP contribution in [0.1, 0.15) is 11.9 Å². The zero-order valence-corrected chi connectivity index (χ0v) is 16.6. The van der Waals surface area contributed by atoms with Crippen LogP contribution in [0.2, 0.25) is 0 Å². The number of amides is 1. The first-order valence-corrected chi connectivity index (χ1v) is 10.3. The molecule has 3 aromatic rings. The van der Waals surface area contributed by atoms with E-state index in [4.69, 9.17) is 4.98 Å². The Bertz CT molecular complexity index is 935. The number of hydrogen-bond acceptors (Lipinski definition) is 5. The van der Waals surface area contributed by atoms with Crippen LogP contribution in [-0.2, 0) is 11.3 Å². The lowest BCUT2D eigenvalue weighted by Crippen LogP contribution is -2.52. The Morgan fingerprint density at radius 3 is 2.61 bits per heavy atom. The number of thiazole rings is 1. The zero-order chi connectivity index (χ0) is 19.5. The van der Waals surface area contributed by atoms with Gasteiger partial charge in [-0.2, -0.15) is 0 Å². The molecular weight excluding hydrogens is 375 g/mol. The van der Waals surface area contributed by atoms with Gasteiger partial charge in [0.05, 0.1) is 28.5 Å². The number of carbonyl (C=O) groups is 1. The quantitative estimate of drug-likeness (QED) is 0.714. The molecule has 1 aliphatic rings. The lowest BCUT2D eigenvalue weighted by Gasteiger charge is -2.37. The number of nitrogens with zero attached hydrogens (tertiary/aromatic N) is 3. The van der Waals surface area contributed by atoms with Crippen LogP contribution in [0.15, 0.2) is 48.5 Å². The van der Waals surface area contributed by atoms with Crippen molar-refractivity contribution in [2.24, 2.45) is 0 Å². The molecule has 1 saturated heterocycles. The molecule has 1 N–H and O–H groups in total. The Kier molecular flexibility index (Phi) is 5.66. The maximum atomic E-state index is 13.8. The number of para-hydroxylation sites is 2. The highest BCUT2D eigenvalue weighted by molar-refractivity contribution is 7.18. The van der Waals surface area contributed by atoms with Crippen LogP contribution < -0.4 is 5.32 Å². The van der Waals surface area contributed by atoms with Gasteiger partial charge in [0, 0.05) is 26.2 Å². The van der Waals surface area contributed by atoms with Crippen molar-refractivity contribution in [3.63, 3.8) is 0 Å². The number of anilines is 1. The van der Waals surface area contributed by atoms with Crippen LogP contribution in [-0.4, -0.2) is 52.9 Å². The van der Waals surface area contributed by atoms with Crippen molar-refractivity contribution in [1.29, 1.82) is 0 Å². The Labute approximate surface area is 167 Å². The summed E-state index contributed by atoms with van der Waals surface area (Å²) in [4.78, 5) is 21.7. The van der Waals surface area contributed by atoms with Crippen molar-refractivity contribution in [1.82, 2.24) is 14.8 Å². The molecule has 1 fully saturated rings. The van der Waals surface area contributed by atoms with Crippen molar-refractivity contribution >= 4 is 33.1 Å². The molecule has 146 valence electrons. The molecule has 0 bridgehead atoms. The molecular formula is C21H23FN4OS. The van der Waals surface area contributed by atoms with Gasteiger partial charge < -0.3 is 5.32 Å². The molecule has 1 atom stereocenters. The second kappa shape index (κ2) is 8.34. The second-order valence-corrected chi connectivity index (χ2v) is 8.15. The highest BCUT2D eigenvalue weighted by atomic mass is 32.1. The third-order valence-corrected chi connectivity index (χ3v) is 6.18. The van der Waals surface area contributed by atoms with Crippen LogP contribution in [0.5, 0.6) is 0 Å². The molecule has 1 amide bonds. The Morgan fingerprint density at radius 1 is 1.14 bits per heavy atom. The van der Waals surface area contributed by atoms with E-state index in [2.05, 4.69) is 21.2 Å². The first-order chi connectivity index (χ1) is 13.6. The van der Waals surface area contributed by atoms with Crippen molar-refractivity contribution < 1.29 is 9.18 Å². The lowest BCUT2D eigenvalue weighted by molar-refractivity contribution is -0.121. The molecule has 28 heavy (non-hydrogen) atoms. The monoisotopic (exact) mass is 398 g/mol. The van der Waals surface area contributed by atoms with E-state index in [9.17, 15) is 9.18 Å². The summed E-state index contributed by atoms with van der Waals surface area (Å²) in [5, 5.41) is 3.82. The number of rotatable bonds is 5. The van der Waals surface area contributed by atoms with Gasteiger partial charge in [0.2, 0.25) is 5.91 Å². The molecule has 5 nitrogen and oxygen atoms in total. The molecule has 4 rings (SSSR count). The normalized spacial score (nSPS) is 16.9. The smallest absolute Gasteiger partial charge is 0.241 e. The van der Waals surface area contributed by atoms with Gasteiger partial charge in [-0.25, -0.2) is 9.37 Å². The lowest BCUT2D eigenvalue weighted by atomic mass is 10.2. The summed E-state index contributed by atoms with van der Waals surface area (Å²) in [5.41, 5.74) is 1.29.